The van der Waals surface area contributed by atoms with Crippen molar-refractivity contribution in [2.24, 2.45) is 5.73 Å². The molecule has 8 atom stereocenters. The van der Waals surface area contributed by atoms with E-state index in [1.54, 1.807) is 6.92 Å². The molecule has 1 aliphatic carbocycles. The molecule has 1 spiro atoms. The summed E-state index contributed by atoms with van der Waals surface area (Å²) < 4.78 is 24.1. The van der Waals surface area contributed by atoms with Gasteiger partial charge in [0.15, 0.2) is 23.0 Å². The fraction of sp³-hybridized carbons (Fsp3) is 0.516. The van der Waals surface area contributed by atoms with Crippen molar-refractivity contribution >= 4 is 23.7 Å². The fourth-order valence-corrected chi connectivity index (χ4v) is 9.96. The molecule has 4 unspecified atom stereocenters. The molecule has 2 aromatic rings. The van der Waals surface area contributed by atoms with Crippen LogP contribution in [0.4, 0.5) is 0 Å². The van der Waals surface area contributed by atoms with Crippen molar-refractivity contribution in [3.05, 3.63) is 39.4 Å². The molecule has 0 amide bonds. The van der Waals surface area contributed by atoms with Crippen LogP contribution < -0.4 is 19.9 Å². The summed E-state index contributed by atoms with van der Waals surface area (Å²) in [6.07, 6.45) is 0.176. The van der Waals surface area contributed by atoms with Crippen molar-refractivity contribution < 1.29 is 38.7 Å². The average Bonchev–Trinajstić information content (AvgIpc) is 3.43. The highest BCUT2D eigenvalue weighted by Gasteiger charge is 2.74. The summed E-state index contributed by atoms with van der Waals surface area (Å²) in [5.41, 5.74) is 9.39. The molecule has 4 bridgehead atoms. The second-order valence-electron chi connectivity index (χ2n) is 12.6. The maximum Gasteiger partial charge on any atom is 0.324 e. The summed E-state index contributed by atoms with van der Waals surface area (Å²) in [5, 5.41) is 32.8. The van der Waals surface area contributed by atoms with Crippen LogP contribution >= 0.6 is 11.8 Å². The lowest BCUT2D eigenvalue weighted by atomic mass is 9.70. The number of phenols is 2. The number of rotatable bonds is 1. The first kappa shape index (κ1) is 27.8. The number of phenolic OH excluding ortho intramolecular Hbond substituents is 2. The number of aromatic hydroxyl groups is 2. The molecule has 8 rings (SSSR count). The van der Waals surface area contributed by atoms with Crippen molar-refractivity contribution in [3.63, 3.8) is 0 Å². The number of benzene rings is 2. The third-order valence-electron chi connectivity index (χ3n) is 10.4. The number of hydrogen-bond donors (Lipinski definition) is 3. The van der Waals surface area contributed by atoms with Gasteiger partial charge in [-0.25, -0.2) is 0 Å². The van der Waals surface area contributed by atoms with Gasteiger partial charge >= 0.3 is 11.9 Å². The predicted molar refractivity (Wildman–Crippen MR) is 155 cm³/mol. The van der Waals surface area contributed by atoms with E-state index >= 15 is 0 Å². The van der Waals surface area contributed by atoms with Crippen LogP contribution in [0.3, 0.4) is 0 Å². The highest BCUT2D eigenvalue weighted by molar-refractivity contribution is 7.99. The van der Waals surface area contributed by atoms with Gasteiger partial charge in [0.1, 0.15) is 23.9 Å². The molecule has 0 aromatic heterocycles. The fourth-order valence-electron chi connectivity index (χ4n) is 8.54. The quantitative estimate of drug-likeness (QED) is 0.241. The van der Waals surface area contributed by atoms with Crippen LogP contribution in [0.5, 0.6) is 28.7 Å². The number of aryl methyl sites for hydroxylation is 1. The van der Waals surface area contributed by atoms with Gasteiger partial charge in [-0.1, -0.05) is 6.07 Å². The monoisotopic (exact) mass is 620 g/mol. The summed E-state index contributed by atoms with van der Waals surface area (Å²) >= 11 is 1.42. The molecule has 5 aliphatic heterocycles. The number of carbonyl (C=O) groups excluding carboxylic acids is 2. The maximum absolute atomic E-state index is 13.2. The molecular formula is C31H32N4O8S. The SMILES string of the molecule is CC(=O)Oc1c(C)c2c(c3c1[C@H]1SCC(N)C(=O)OC4CC34N3C1[C@H]1c4c(cc(C)c(O)c4O)C[C@@H]([C@@H]3C#N)N1C)OCO2. The highest BCUT2D eigenvalue weighted by Crippen LogP contribution is 2.71. The van der Waals surface area contributed by atoms with E-state index in [1.165, 1.54) is 18.7 Å². The van der Waals surface area contributed by atoms with E-state index < -0.39 is 53.0 Å². The van der Waals surface area contributed by atoms with Gasteiger partial charge in [0.25, 0.3) is 0 Å². The zero-order valence-corrected chi connectivity index (χ0v) is 25.4. The van der Waals surface area contributed by atoms with E-state index in [0.717, 1.165) is 5.56 Å². The van der Waals surface area contributed by atoms with Crippen LogP contribution in [0.2, 0.25) is 0 Å². The number of thioether (sulfide) groups is 1. The first-order chi connectivity index (χ1) is 21.0. The molecule has 230 valence electrons. The molecule has 1 saturated heterocycles. The molecule has 4 N–H and O–H groups in total. The highest BCUT2D eigenvalue weighted by atomic mass is 32.2. The summed E-state index contributed by atoms with van der Waals surface area (Å²) in [7, 11) is 1.94. The van der Waals surface area contributed by atoms with E-state index in [4.69, 9.17) is 24.7 Å². The van der Waals surface area contributed by atoms with E-state index in [-0.39, 0.29) is 30.1 Å². The predicted octanol–water partition coefficient (Wildman–Crippen LogP) is 2.18. The van der Waals surface area contributed by atoms with E-state index in [1.807, 2.05) is 20.0 Å². The zero-order chi connectivity index (χ0) is 31.0. The number of fused-ring (bicyclic) bond motifs is 8. The van der Waals surface area contributed by atoms with Gasteiger partial charge in [-0.2, -0.15) is 5.26 Å². The van der Waals surface area contributed by atoms with Gasteiger partial charge in [0.2, 0.25) is 6.79 Å². The van der Waals surface area contributed by atoms with Gasteiger partial charge in [-0.15, -0.1) is 11.8 Å². The van der Waals surface area contributed by atoms with Crippen LogP contribution in [-0.2, 0) is 26.3 Å². The second-order valence-corrected chi connectivity index (χ2v) is 13.8. The van der Waals surface area contributed by atoms with Crippen molar-refractivity contribution in [1.82, 2.24) is 9.80 Å². The number of nitrogens with two attached hydrogens (primary N) is 1. The van der Waals surface area contributed by atoms with Crippen molar-refractivity contribution in [2.75, 3.05) is 19.6 Å². The van der Waals surface area contributed by atoms with Crippen LogP contribution in [0, 0.1) is 25.2 Å². The maximum atomic E-state index is 13.2. The number of likely N-dealkylation sites (N-methyl/N-ethyl adjacent to an activating group) is 1. The third kappa shape index (κ3) is 3.34. The van der Waals surface area contributed by atoms with Crippen LogP contribution in [0.15, 0.2) is 6.07 Å². The lowest BCUT2D eigenvalue weighted by molar-refractivity contribution is -0.151. The van der Waals surface area contributed by atoms with Crippen LogP contribution in [0.25, 0.3) is 0 Å². The van der Waals surface area contributed by atoms with Crippen LogP contribution in [-0.4, -0.2) is 81.8 Å². The standard InChI is InChI=1S/C31H32N4O8S/c1-11-5-14-6-16-17(8-32)35-23(22(34(16)4)19(14)25(38)24(11)37)29-20-21(31(35)7-18(31)43-30(39)15(33)9-44-29)28-27(40-10-41-28)12(2)26(20)42-13(3)36/h5,15-18,22-23,29,37-38H,6-7,9-10,33H2,1-4H3/t15?,16-,17-,18?,22+,23?,29+,31?/m0/s1. The average molecular weight is 621 g/mol. The largest absolute Gasteiger partial charge is 0.504 e. The number of hydrogen-bond acceptors (Lipinski definition) is 13. The molecule has 1 saturated carbocycles. The van der Waals surface area contributed by atoms with Gasteiger partial charge in [-0.05, 0) is 38.4 Å². The molecular weight excluding hydrogens is 588 g/mol. The molecule has 2 fully saturated rings. The summed E-state index contributed by atoms with van der Waals surface area (Å²) in [6, 6.07) is 1.70. The van der Waals surface area contributed by atoms with Gasteiger partial charge in [0, 0.05) is 53.4 Å². The third-order valence-corrected chi connectivity index (χ3v) is 11.8. The number of nitriles is 1. The van der Waals surface area contributed by atoms with Crippen molar-refractivity contribution in [1.29, 1.82) is 5.26 Å². The Hall–Kier alpha value is -3.70. The number of esters is 2. The van der Waals surface area contributed by atoms with Gasteiger partial charge in [0.05, 0.1) is 22.9 Å². The number of ether oxygens (including phenoxy) is 4. The molecule has 2 aromatic carbocycles. The Kier molecular flexibility index (Phi) is 5.80. The van der Waals surface area contributed by atoms with Crippen LogP contribution in [0.1, 0.15) is 58.0 Å². The summed E-state index contributed by atoms with van der Waals surface area (Å²) in [4.78, 5) is 30.0. The van der Waals surface area contributed by atoms with Crippen molar-refractivity contribution in [2.45, 2.75) is 80.7 Å². The Morgan fingerprint density at radius 2 is 1.98 bits per heavy atom. The Morgan fingerprint density at radius 3 is 2.70 bits per heavy atom. The number of piperazine rings is 1. The summed E-state index contributed by atoms with van der Waals surface area (Å²) in [5.74, 6) is 0.113. The minimum absolute atomic E-state index is 0.0334. The van der Waals surface area contributed by atoms with E-state index in [2.05, 4.69) is 15.9 Å². The van der Waals surface area contributed by atoms with E-state index in [0.29, 0.717) is 57.9 Å². The molecule has 6 aliphatic rings. The topological polar surface area (TPSA) is 168 Å². The number of nitrogens with zero attached hydrogens (tertiary/aromatic N) is 3. The Bertz CT molecular complexity index is 1730. The van der Waals surface area contributed by atoms with Gasteiger partial charge < -0.3 is 34.9 Å². The Morgan fingerprint density at radius 1 is 1.23 bits per heavy atom. The molecule has 12 nitrogen and oxygen atoms in total. The van der Waals surface area contributed by atoms with Crippen molar-refractivity contribution in [3.8, 4) is 34.8 Å². The molecule has 0 radical (unpaired) electrons. The molecule has 44 heavy (non-hydrogen) atoms. The second kappa shape index (κ2) is 9.17. The zero-order valence-electron chi connectivity index (χ0n) is 24.6. The normalized spacial score (nSPS) is 34.5. The lowest BCUT2D eigenvalue weighted by Crippen LogP contribution is -2.71. The minimum Gasteiger partial charge on any atom is -0.504 e. The molecule has 5 heterocycles. The minimum atomic E-state index is -1.01. The van der Waals surface area contributed by atoms with Gasteiger partial charge in [-0.3, -0.25) is 19.4 Å². The first-order valence-electron chi connectivity index (χ1n) is 14.7. The lowest BCUT2D eigenvalue weighted by Gasteiger charge is -2.62. The Labute approximate surface area is 257 Å². The smallest absolute Gasteiger partial charge is 0.324 e. The van der Waals surface area contributed by atoms with E-state index in [9.17, 15) is 25.1 Å². The molecule has 13 heteroatoms. The number of carbonyl (C=O) groups is 2. The first-order valence-corrected chi connectivity index (χ1v) is 15.7. The Balaban J connectivity index is 1.48. The summed E-state index contributed by atoms with van der Waals surface area (Å²) in [6.45, 7) is 4.87.